The van der Waals surface area contributed by atoms with Crippen molar-refractivity contribution >= 4 is 23.0 Å². The van der Waals surface area contributed by atoms with E-state index < -0.39 is 0 Å². The van der Waals surface area contributed by atoms with Gasteiger partial charge in [0.2, 0.25) is 0 Å². The van der Waals surface area contributed by atoms with Crippen molar-refractivity contribution in [3.63, 3.8) is 0 Å². The van der Waals surface area contributed by atoms with E-state index in [1.54, 1.807) is 18.3 Å². The van der Waals surface area contributed by atoms with Crippen LogP contribution in [0.5, 0.6) is 0 Å². The maximum atomic E-state index is 11.3. The van der Waals surface area contributed by atoms with Crippen LogP contribution in [0.2, 0.25) is 0 Å². The summed E-state index contributed by atoms with van der Waals surface area (Å²) >= 11 is 5.81. The van der Waals surface area contributed by atoms with Gasteiger partial charge in [-0.1, -0.05) is 25.0 Å². The molecule has 2 aromatic heterocycles. The second-order valence-electron chi connectivity index (χ2n) is 8.05. The van der Waals surface area contributed by atoms with Gasteiger partial charge in [0, 0.05) is 36.3 Å². The van der Waals surface area contributed by atoms with E-state index in [1.807, 2.05) is 41.1 Å². The van der Waals surface area contributed by atoms with E-state index in [4.69, 9.17) is 12.2 Å². The van der Waals surface area contributed by atoms with E-state index in [9.17, 15) is 10.1 Å². The Morgan fingerprint density at radius 2 is 1.94 bits per heavy atom. The highest BCUT2D eigenvalue weighted by atomic mass is 32.1. The highest BCUT2D eigenvalue weighted by molar-refractivity contribution is 7.80. The van der Waals surface area contributed by atoms with Crippen molar-refractivity contribution in [1.82, 2.24) is 19.8 Å². The molecule has 1 aliphatic heterocycles. The molecule has 158 valence electrons. The summed E-state index contributed by atoms with van der Waals surface area (Å²) in [6.07, 6.45) is 8.40. The van der Waals surface area contributed by atoms with Crippen molar-refractivity contribution in [3.05, 3.63) is 88.5 Å². The largest absolute Gasteiger partial charge is 0.352 e. The van der Waals surface area contributed by atoms with Crippen LogP contribution in [-0.2, 0) is 0 Å². The average molecular weight is 434 g/mol. The predicted octanol–water partition coefficient (Wildman–Crippen LogP) is 4.70. The third-order valence-corrected chi connectivity index (χ3v) is 6.58. The quantitative estimate of drug-likeness (QED) is 0.357. The molecule has 1 aliphatic carbocycles. The molecule has 5 rings (SSSR count). The topological polar surface area (TPSA) is 76.2 Å². The Bertz CT molecular complexity index is 1110. The molecule has 0 unspecified atom stereocenters. The third kappa shape index (κ3) is 3.57. The molecule has 31 heavy (non-hydrogen) atoms. The molecule has 1 saturated carbocycles. The number of hydrogen-bond acceptors (Lipinski definition) is 4. The Labute approximate surface area is 185 Å². The molecule has 7 nitrogen and oxygen atoms in total. The van der Waals surface area contributed by atoms with Crippen LogP contribution in [0.15, 0.2) is 67.0 Å². The fourth-order valence-electron chi connectivity index (χ4n) is 4.88. The summed E-state index contributed by atoms with van der Waals surface area (Å²) in [7, 11) is 0. The van der Waals surface area contributed by atoms with Crippen molar-refractivity contribution in [2.75, 3.05) is 0 Å². The van der Waals surface area contributed by atoms with Gasteiger partial charge in [0.05, 0.1) is 28.4 Å². The zero-order valence-corrected chi connectivity index (χ0v) is 17.7. The Kier molecular flexibility index (Phi) is 5.15. The van der Waals surface area contributed by atoms with Gasteiger partial charge < -0.3 is 14.8 Å². The Balaban J connectivity index is 1.62. The highest BCUT2D eigenvalue weighted by Crippen LogP contribution is 2.43. The van der Waals surface area contributed by atoms with Crippen LogP contribution in [0.3, 0.4) is 0 Å². The number of non-ortho nitro benzene ring substituents is 1. The lowest BCUT2D eigenvalue weighted by molar-refractivity contribution is -0.384. The van der Waals surface area contributed by atoms with E-state index in [-0.39, 0.29) is 22.7 Å². The first-order valence-electron chi connectivity index (χ1n) is 10.6. The van der Waals surface area contributed by atoms with Crippen LogP contribution in [-0.4, -0.2) is 30.5 Å². The lowest BCUT2D eigenvalue weighted by atomic mass is 9.99. The Hall–Kier alpha value is -3.26. The molecule has 1 aromatic carbocycles. The van der Waals surface area contributed by atoms with E-state index >= 15 is 0 Å². The van der Waals surface area contributed by atoms with Crippen molar-refractivity contribution in [3.8, 4) is 5.69 Å². The molecule has 0 radical (unpaired) electrons. The van der Waals surface area contributed by atoms with E-state index in [2.05, 4.69) is 21.3 Å². The predicted molar refractivity (Wildman–Crippen MR) is 122 cm³/mol. The van der Waals surface area contributed by atoms with Gasteiger partial charge in [0.25, 0.3) is 5.69 Å². The minimum absolute atomic E-state index is 0.0558. The van der Waals surface area contributed by atoms with Gasteiger partial charge in [0.15, 0.2) is 5.11 Å². The maximum Gasteiger partial charge on any atom is 0.271 e. The molecule has 1 N–H and O–H groups in total. The van der Waals surface area contributed by atoms with Crippen molar-refractivity contribution < 1.29 is 4.92 Å². The molecule has 3 aromatic rings. The summed E-state index contributed by atoms with van der Waals surface area (Å²) in [5.74, 6) is 0. The molecular formula is C23H23N5O2S. The van der Waals surface area contributed by atoms with Crippen molar-refractivity contribution in [2.45, 2.75) is 43.8 Å². The average Bonchev–Trinajstić information content (AvgIpc) is 3.53. The monoisotopic (exact) mass is 433 g/mol. The van der Waals surface area contributed by atoms with Gasteiger partial charge in [-0.15, -0.1) is 0 Å². The zero-order chi connectivity index (χ0) is 21.4. The molecule has 8 heteroatoms. The van der Waals surface area contributed by atoms with E-state index in [1.165, 1.54) is 18.9 Å². The van der Waals surface area contributed by atoms with Crippen LogP contribution >= 0.6 is 12.2 Å². The minimum Gasteiger partial charge on any atom is -0.352 e. The number of aromatic nitrogens is 2. The summed E-state index contributed by atoms with van der Waals surface area (Å²) in [6.45, 7) is 0. The summed E-state index contributed by atoms with van der Waals surface area (Å²) in [5.41, 5.74) is 2.81. The lowest BCUT2D eigenvalue weighted by Crippen LogP contribution is -2.38. The maximum absolute atomic E-state index is 11.3. The highest BCUT2D eigenvalue weighted by Gasteiger charge is 2.44. The van der Waals surface area contributed by atoms with Gasteiger partial charge in [-0.25, -0.2) is 0 Å². The van der Waals surface area contributed by atoms with Crippen LogP contribution in [0, 0.1) is 10.1 Å². The lowest BCUT2D eigenvalue weighted by Gasteiger charge is -2.33. The number of nitrogens with zero attached hydrogens (tertiary/aromatic N) is 4. The molecule has 2 atom stereocenters. The second kappa shape index (κ2) is 8.11. The fraction of sp³-hybridized carbons (Fsp3) is 0.304. The molecule has 2 fully saturated rings. The minimum atomic E-state index is -0.361. The Morgan fingerprint density at radius 1 is 1.10 bits per heavy atom. The molecule has 2 aliphatic rings. The summed E-state index contributed by atoms with van der Waals surface area (Å²) in [4.78, 5) is 17.9. The van der Waals surface area contributed by atoms with Crippen LogP contribution in [0.1, 0.15) is 49.2 Å². The molecule has 0 amide bonds. The smallest absolute Gasteiger partial charge is 0.271 e. The van der Waals surface area contributed by atoms with Crippen LogP contribution < -0.4 is 5.32 Å². The number of benzene rings is 1. The van der Waals surface area contributed by atoms with E-state index in [0.29, 0.717) is 6.04 Å². The molecule has 1 saturated heterocycles. The first kappa shape index (κ1) is 19.7. The number of thiocarbonyl (C=S) groups is 1. The fourth-order valence-corrected chi connectivity index (χ4v) is 5.27. The zero-order valence-electron chi connectivity index (χ0n) is 16.9. The third-order valence-electron chi connectivity index (χ3n) is 6.26. The van der Waals surface area contributed by atoms with Gasteiger partial charge in [-0.05, 0) is 55.4 Å². The molecule has 3 heterocycles. The molecule has 0 spiro atoms. The number of nitrogens with one attached hydrogen (secondary N) is 1. The normalized spacial score (nSPS) is 21.4. The summed E-state index contributed by atoms with van der Waals surface area (Å²) in [6, 6.07) is 17.0. The van der Waals surface area contributed by atoms with Crippen LogP contribution in [0.25, 0.3) is 5.69 Å². The summed E-state index contributed by atoms with van der Waals surface area (Å²) in [5, 5.41) is 15.6. The second-order valence-corrected chi connectivity index (χ2v) is 8.44. The van der Waals surface area contributed by atoms with Crippen molar-refractivity contribution in [1.29, 1.82) is 0 Å². The Morgan fingerprint density at radius 3 is 2.68 bits per heavy atom. The number of nitro groups is 1. The number of pyridine rings is 1. The van der Waals surface area contributed by atoms with Crippen molar-refractivity contribution in [2.24, 2.45) is 0 Å². The number of rotatable bonds is 5. The van der Waals surface area contributed by atoms with Gasteiger partial charge >= 0.3 is 0 Å². The standard InChI is InChI=1S/C23H23N5O2S/c29-28(30)18-10-5-9-17(15-18)26-14-6-12-20(26)22-21(19-11-3-4-13-24-19)25-23(31)27(22)16-7-1-2-8-16/h3-6,9-16,21-22H,1-2,7-8H2,(H,25,31)/t21-,22+/m0/s1. The van der Waals surface area contributed by atoms with Crippen LogP contribution in [0.4, 0.5) is 5.69 Å². The van der Waals surface area contributed by atoms with Gasteiger partial charge in [0.1, 0.15) is 0 Å². The first-order valence-corrected chi connectivity index (χ1v) is 11.0. The van der Waals surface area contributed by atoms with E-state index in [0.717, 1.165) is 35.0 Å². The SMILES string of the molecule is O=[N+]([O-])c1cccc(-n2cccc2[C@@H]2[C@H](c3ccccn3)NC(=S)N2C2CCCC2)c1. The molecule has 0 bridgehead atoms. The number of hydrogen-bond donors (Lipinski definition) is 1. The van der Waals surface area contributed by atoms with Gasteiger partial charge in [-0.2, -0.15) is 0 Å². The van der Waals surface area contributed by atoms with Gasteiger partial charge in [-0.3, -0.25) is 15.1 Å². The first-order chi connectivity index (χ1) is 15.1. The molecular weight excluding hydrogens is 410 g/mol. The number of nitro benzene ring substituents is 1. The summed E-state index contributed by atoms with van der Waals surface area (Å²) < 4.78 is 2.03.